The van der Waals surface area contributed by atoms with E-state index in [0.29, 0.717) is 34.4 Å². The lowest BCUT2D eigenvalue weighted by Crippen LogP contribution is -2.31. The number of halogens is 2. The van der Waals surface area contributed by atoms with Gasteiger partial charge in [-0.2, -0.15) is 4.98 Å². The predicted molar refractivity (Wildman–Crippen MR) is 127 cm³/mol. The molecule has 0 aliphatic carbocycles. The van der Waals surface area contributed by atoms with Gasteiger partial charge in [-0.1, -0.05) is 34.1 Å². The molecule has 5 rings (SSSR count). The normalized spacial score (nSPS) is 15.1. The number of benzene rings is 2. The summed E-state index contributed by atoms with van der Waals surface area (Å²) in [6.45, 7) is 1.83. The van der Waals surface area contributed by atoms with Gasteiger partial charge in [-0.15, -0.1) is 5.10 Å². The first-order chi connectivity index (χ1) is 16.0. The summed E-state index contributed by atoms with van der Waals surface area (Å²) in [7, 11) is 0. The number of aromatic nitrogens is 4. The molecular weight excluding hydrogens is 487 g/mol. The second-order valence-electron chi connectivity index (χ2n) is 7.50. The maximum absolute atomic E-state index is 13.4. The maximum atomic E-state index is 13.4. The number of hydrogen-bond donors (Lipinski definition) is 2. The highest BCUT2D eigenvalue weighted by molar-refractivity contribution is 9.10. The molecular formula is C24H18BrFN6O. The van der Waals surface area contributed by atoms with Crippen molar-refractivity contribution >= 4 is 33.6 Å². The molecule has 1 amide bonds. The van der Waals surface area contributed by atoms with Crippen LogP contribution in [0.5, 0.6) is 0 Å². The summed E-state index contributed by atoms with van der Waals surface area (Å²) in [5.41, 5.74) is 2.68. The smallest absolute Gasteiger partial charge is 0.257 e. The molecule has 7 nitrogen and oxygen atoms in total. The summed E-state index contributed by atoms with van der Waals surface area (Å²) in [6, 6.07) is 18.5. The molecule has 2 aromatic heterocycles. The Balaban J connectivity index is 1.60. The van der Waals surface area contributed by atoms with Gasteiger partial charge in [-0.05, 0) is 61.0 Å². The minimum atomic E-state index is -0.528. The van der Waals surface area contributed by atoms with Gasteiger partial charge >= 0.3 is 0 Å². The Hall–Kier alpha value is -3.85. The number of nitrogens with zero attached hydrogens (tertiary/aromatic N) is 4. The Morgan fingerprint density at radius 1 is 1.09 bits per heavy atom. The van der Waals surface area contributed by atoms with Crippen LogP contribution in [0, 0.1) is 5.82 Å². The molecule has 164 valence electrons. The predicted octanol–water partition coefficient (Wildman–Crippen LogP) is 5.17. The van der Waals surface area contributed by atoms with Gasteiger partial charge in [0, 0.05) is 21.9 Å². The quantitative estimate of drug-likeness (QED) is 0.400. The Labute approximate surface area is 197 Å². The molecule has 2 N–H and O–H groups in total. The number of hydrogen-bond acceptors (Lipinski definition) is 5. The van der Waals surface area contributed by atoms with E-state index in [2.05, 4.69) is 41.6 Å². The highest BCUT2D eigenvalue weighted by atomic mass is 79.9. The van der Waals surface area contributed by atoms with Crippen LogP contribution in [0.15, 0.2) is 88.7 Å². The molecule has 9 heteroatoms. The lowest BCUT2D eigenvalue weighted by Gasteiger charge is -2.28. The van der Waals surface area contributed by atoms with Crippen LogP contribution < -0.4 is 10.6 Å². The van der Waals surface area contributed by atoms with E-state index in [1.165, 1.54) is 12.1 Å². The number of carbonyl (C=O) groups is 1. The number of rotatable bonds is 4. The molecule has 1 atom stereocenters. The van der Waals surface area contributed by atoms with Crippen molar-refractivity contribution < 1.29 is 9.18 Å². The van der Waals surface area contributed by atoms with Crippen LogP contribution >= 0.6 is 15.9 Å². The van der Waals surface area contributed by atoms with Crippen LogP contribution in [0.2, 0.25) is 0 Å². The largest absolute Gasteiger partial charge is 0.328 e. The molecule has 33 heavy (non-hydrogen) atoms. The van der Waals surface area contributed by atoms with Gasteiger partial charge in [0.1, 0.15) is 17.7 Å². The van der Waals surface area contributed by atoms with E-state index in [-0.39, 0.29) is 11.7 Å². The van der Waals surface area contributed by atoms with E-state index in [4.69, 9.17) is 0 Å². The number of anilines is 2. The monoisotopic (exact) mass is 504 g/mol. The van der Waals surface area contributed by atoms with Gasteiger partial charge in [-0.3, -0.25) is 4.79 Å². The van der Waals surface area contributed by atoms with Crippen LogP contribution in [0.4, 0.5) is 16.2 Å². The molecule has 0 radical (unpaired) electrons. The summed E-state index contributed by atoms with van der Waals surface area (Å²) in [4.78, 5) is 22.2. The minimum absolute atomic E-state index is 0.295. The van der Waals surface area contributed by atoms with Crippen molar-refractivity contribution in [1.82, 2.24) is 19.7 Å². The standard InChI is InChI=1S/C24H18BrFN6O/c1-14-20(23(33)29-19-4-2-3-13-27-19)21(15-5-9-17(25)10-6-15)32-24(28-14)30-22(31-32)16-7-11-18(26)12-8-16/h2-13,21H,1H3,(H,27,29,33)(H,28,30,31). The highest BCUT2D eigenvalue weighted by Crippen LogP contribution is 2.37. The molecule has 0 saturated carbocycles. The van der Waals surface area contributed by atoms with Crippen LogP contribution in [-0.2, 0) is 4.79 Å². The number of nitrogens with one attached hydrogen (secondary N) is 2. The van der Waals surface area contributed by atoms with Crippen molar-refractivity contribution in [2.45, 2.75) is 13.0 Å². The first-order valence-corrected chi connectivity index (χ1v) is 11.0. The highest BCUT2D eigenvalue weighted by Gasteiger charge is 2.34. The SMILES string of the molecule is CC1=C(C(=O)Nc2ccccn2)C(c2ccc(Br)cc2)n2nc(-c3ccc(F)cc3)nc2N1. The first-order valence-electron chi connectivity index (χ1n) is 10.2. The van der Waals surface area contributed by atoms with Gasteiger partial charge < -0.3 is 10.6 Å². The zero-order valence-electron chi connectivity index (χ0n) is 17.5. The first kappa shape index (κ1) is 21.0. The Morgan fingerprint density at radius 2 is 1.85 bits per heavy atom. The topological polar surface area (TPSA) is 84.7 Å². The van der Waals surface area contributed by atoms with Crippen molar-refractivity contribution in [2.75, 3.05) is 10.6 Å². The summed E-state index contributed by atoms with van der Waals surface area (Å²) in [6.07, 6.45) is 1.62. The molecule has 2 aromatic carbocycles. The Morgan fingerprint density at radius 3 is 2.55 bits per heavy atom. The van der Waals surface area contributed by atoms with Gasteiger partial charge in [0.05, 0.1) is 5.57 Å². The maximum Gasteiger partial charge on any atom is 0.257 e. The second-order valence-corrected chi connectivity index (χ2v) is 8.41. The van der Waals surface area contributed by atoms with Crippen molar-refractivity contribution in [1.29, 1.82) is 0 Å². The fraction of sp³-hybridized carbons (Fsp3) is 0.0833. The van der Waals surface area contributed by atoms with Crippen LogP contribution in [0.25, 0.3) is 11.4 Å². The average Bonchev–Trinajstić information content (AvgIpc) is 3.23. The third kappa shape index (κ3) is 4.14. The van der Waals surface area contributed by atoms with Gasteiger partial charge in [-0.25, -0.2) is 14.1 Å². The zero-order valence-corrected chi connectivity index (χ0v) is 19.0. The van der Waals surface area contributed by atoms with E-state index in [9.17, 15) is 9.18 Å². The molecule has 0 bridgehead atoms. The lowest BCUT2D eigenvalue weighted by molar-refractivity contribution is -0.113. The summed E-state index contributed by atoms with van der Waals surface area (Å²) < 4.78 is 16.0. The number of fused-ring (bicyclic) bond motifs is 1. The Bertz CT molecular complexity index is 1350. The number of allylic oxidation sites excluding steroid dienone is 1. The third-order valence-corrected chi connectivity index (χ3v) is 5.82. The molecule has 0 fully saturated rings. The summed E-state index contributed by atoms with van der Waals surface area (Å²) in [5, 5.41) is 10.7. The fourth-order valence-corrected chi connectivity index (χ4v) is 4.00. The average molecular weight is 505 g/mol. The van der Waals surface area contributed by atoms with E-state index >= 15 is 0 Å². The number of pyridine rings is 1. The lowest BCUT2D eigenvalue weighted by atomic mass is 9.95. The van der Waals surface area contributed by atoms with E-state index in [0.717, 1.165) is 10.0 Å². The van der Waals surface area contributed by atoms with Crippen LogP contribution in [0.1, 0.15) is 18.5 Å². The van der Waals surface area contributed by atoms with E-state index in [1.54, 1.807) is 41.2 Å². The van der Waals surface area contributed by atoms with Gasteiger partial charge in [0.15, 0.2) is 5.82 Å². The summed E-state index contributed by atoms with van der Waals surface area (Å²) >= 11 is 3.46. The molecule has 1 aliphatic heterocycles. The molecule has 1 aliphatic rings. The molecule has 0 spiro atoms. The minimum Gasteiger partial charge on any atom is -0.328 e. The molecule has 4 aromatic rings. The van der Waals surface area contributed by atoms with Gasteiger partial charge in [0.25, 0.3) is 5.91 Å². The van der Waals surface area contributed by atoms with E-state index in [1.807, 2.05) is 31.2 Å². The van der Waals surface area contributed by atoms with Gasteiger partial charge in [0.2, 0.25) is 5.95 Å². The molecule has 0 saturated heterocycles. The van der Waals surface area contributed by atoms with Crippen molar-refractivity contribution in [2.24, 2.45) is 0 Å². The summed E-state index contributed by atoms with van der Waals surface area (Å²) in [5.74, 6) is 0.748. The molecule has 1 unspecified atom stereocenters. The van der Waals surface area contributed by atoms with E-state index < -0.39 is 6.04 Å². The number of amides is 1. The van der Waals surface area contributed by atoms with Crippen LogP contribution in [-0.4, -0.2) is 25.7 Å². The third-order valence-electron chi connectivity index (χ3n) is 5.29. The molecule has 3 heterocycles. The van der Waals surface area contributed by atoms with Crippen LogP contribution in [0.3, 0.4) is 0 Å². The number of carbonyl (C=O) groups excluding carboxylic acids is 1. The second kappa shape index (κ2) is 8.59. The van der Waals surface area contributed by atoms with Crippen molar-refractivity contribution in [3.8, 4) is 11.4 Å². The van der Waals surface area contributed by atoms with Crippen molar-refractivity contribution in [3.05, 3.63) is 100 Å². The Kier molecular flexibility index (Phi) is 5.47. The zero-order chi connectivity index (χ0) is 22.9. The fourth-order valence-electron chi connectivity index (χ4n) is 3.74. The van der Waals surface area contributed by atoms with Crippen molar-refractivity contribution in [3.63, 3.8) is 0 Å².